The van der Waals surface area contributed by atoms with E-state index in [1.54, 1.807) is 0 Å². The number of methoxy groups -OCH3 is 2. The molecule has 0 N–H and O–H groups in total. The van der Waals surface area contributed by atoms with Gasteiger partial charge in [0.25, 0.3) is 0 Å². The van der Waals surface area contributed by atoms with Gasteiger partial charge in [-0.1, -0.05) is 161 Å². The van der Waals surface area contributed by atoms with E-state index < -0.39 is 0 Å². The lowest BCUT2D eigenvalue weighted by molar-refractivity contribution is -0.910. The number of carbonyl (C=O) groups is 2. The number of nitrogens with zero attached hydrogens (tertiary/aromatic N) is 1. The molecule has 0 aromatic rings. The summed E-state index contributed by atoms with van der Waals surface area (Å²) in [4.78, 5) is 22.5. The van der Waals surface area contributed by atoms with E-state index in [-0.39, 0.29) is 11.9 Å². The second-order valence-corrected chi connectivity index (χ2v) is 15.4. The van der Waals surface area contributed by atoms with Crippen LogP contribution in [0.4, 0.5) is 0 Å². The van der Waals surface area contributed by atoms with E-state index in [4.69, 9.17) is 9.47 Å². The van der Waals surface area contributed by atoms with Crippen LogP contribution < -0.4 is 0 Å². The first-order chi connectivity index (χ1) is 23.5. The highest BCUT2D eigenvalue weighted by Crippen LogP contribution is 2.18. The zero-order chi connectivity index (χ0) is 35.2. The van der Waals surface area contributed by atoms with Gasteiger partial charge in [0.05, 0.1) is 40.9 Å². The Balaban J connectivity index is 4.10. The van der Waals surface area contributed by atoms with Gasteiger partial charge in [-0.15, -0.1) is 0 Å². The fraction of sp³-hybridized carbons (Fsp3) is 0.953. The molecule has 5 heteroatoms. The SMILES string of the molecule is CCCCCCCCCCCCCCCCCC[N+](C)(CCCCCCCCCCC(=O)OC)CCCCCCCCCCC(=O)OC. The summed E-state index contributed by atoms with van der Waals surface area (Å²) in [5.74, 6) is -0.139. The lowest BCUT2D eigenvalue weighted by atomic mass is 10.0. The number of ether oxygens (including phenoxy) is 2. The molecule has 0 saturated carbocycles. The molecular weight excluding hydrogens is 594 g/mol. The standard InChI is InChI=1S/C43H86NO4/c1-5-6-7-8-9-10-11-12-13-14-15-16-19-24-29-34-39-44(2,40-35-30-25-20-17-22-27-32-37-42(45)47-3)41-36-31-26-21-18-23-28-33-38-43(46)48-4/h5-41H2,1-4H3/q+1. The zero-order valence-corrected chi connectivity index (χ0v) is 33.2. The normalized spacial score (nSPS) is 11.7. The number of esters is 2. The minimum absolute atomic E-state index is 0.0696. The number of hydrogen-bond acceptors (Lipinski definition) is 4. The third-order valence-corrected chi connectivity index (χ3v) is 10.7. The van der Waals surface area contributed by atoms with Crippen LogP contribution in [0.5, 0.6) is 0 Å². The maximum Gasteiger partial charge on any atom is 0.305 e. The van der Waals surface area contributed by atoms with E-state index in [0.29, 0.717) is 12.8 Å². The van der Waals surface area contributed by atoms with Gasteiger partial charge in [-0.05, 0) is 51.4 Å². The van der Waals surface area contributed by atoms with Crippen molar-refractivity contribution in [3.63, 3.8) is 0 Å². The van der Waals surface area contributed by atoms with Gasteiger partial charge in [0, 0.05) is 12.8 Å². The van der Waals surface area contributed by atoms with Crippen molar-refractivity contribution < 1.29 is 23.5 Å². The minimum Gasteiger partial charge on any atom is -0.469 e. The molecule has 286 valence electrons. The van der Waals surface area contributed by atoms with Crippen LogP contribution in [0, 0.1) is 0 Å². The molecule has 0 aromatic carbocycles. The first-order valence-corrected chi connectivity index (χ1v) is 21.4. The Kier molecular flexibility index (Phi) is 36.3. The van der Waals surface area contributed by atoms with Gasteiger partial charge >= 0.3 is 11.9 Å². The van der Waals surface area contributed by atoms with Crippen molar-refractivity contribution >= 4 is 11.9 Å². The van der Waals surface area contributed by atoms with Crippen molar-refractivity contribution in [1.29, 1.82) is 0 Å². The number of rotatable bonds is 39. The average molecular weight is 681 g/mol. The Morgan fingerprint density at radius 2 is 0.562 bits per heavy atom. The highest BCUT2D eigenvalue weighted by Gasteiger charge is 2.20. The Morgan fingerprint density at radius 3 is 0.792 bits per heavy atom. The molecule has 48 heavy (non-hydrogen) atoms. The Morgan fingerprint density at radius 1 is 0.354 bits per heavy atom. The van der Waals surface area contributed by atoms with Crippen LogP contribution in [-0.2, 0) is 19.1 Å². The van der Waals surface area contributed by atoms with Crippen LogP contribution in [0.1, 0.15) is 225 Å². The van der Waals surface area contributed by atoms with Gasteiger partial charge in [0.1, 0.15) is 0 Å². The summed E-state index contributed by atoms with van der Waals surface area (Å²) in [6.45, 7) is 6.35. The van der Waals surface area contributed by atoms with E-state index in [2.05, 4.69) is 14.0 Å². The smallest absolute Gasteiger partial charge is 0.305 e. The zero-order valence-electron chi connectivity index (χ0n) is 33.2. The van der Waals surface area contributed by atoms with Crippen molar-refractivity contribution in [2.45, 2.75) is 225 Å². The maximum absolute atomic E-state index is 11.3. The average Bonchev–Trinajstić information content (AvgIpc) is 3.09. The maximum atomic E-state index is 11.3. The van der Waals surface area contributed by atoms with Crippen molar-refractivity contribution in [3.8, 4) is 0 Å². The Bertz CT molecular complexity index is 646. The highest BCUT2D eigenvalue weighted by atomic mass is 16.5. The minimum atomic E-state index is -0.0696. The summed E-state index contributed by atoms with van der Waals surface area (Å²) in [6, 6.07) is 0. The summed E-state index contributed by atoms with van der Waals surface area (Å²) < 4.78 is 10.8. The van der Waals surface area contributed by atoms with E-state index in [0.717, 1.165) is 25.7 Å². The van der Waals surface area contributed by atoms with E-state index in [1.807, 2.05) is 0 Å². The van der Waals surface area contributed by atoms with Crippen molar-refractivity contribution in [1.82, 2.24) is 0 Å². The van der Waals surface area contributed by atoms with Gasteiger partial charge in [-0.3, -0.25) is 9.59 Å². The lowest BCUT2D eigenvalue weighted by Gasteiger charge is -2.35. The van der Waals surface area contributed by atoms with Crippen LogP contribution in [0.3, 0.4) is 0 Å². The predicted octanol–water partition coefficient (Wildman–Crippen LogP) is 13.1. The number of quaternary nitrogens is 1. The first kappa shape index (κ1) is 46.9. The van der Waals surface area contributed by atoms with Crippen LogP contribution in [0.25, 0.3) is 0 Å². The number of carbonyl (C=O) groups excluding carboxylic acids is 2. The molecule has 0 fully saturated rings. The molecule has 0 atom stereocenters. The van der Waals surface area contributed by atoms with Gasteiger partial charge in [-0.2, -0.15) is 0 Å². The molecule has 0 radical (unpaired) electrons. The van der Waals surface area contributed by atoms with E-state index in [9.17, 15) is 9.59 Å². The quantitative estimate of drug-likeness (QED) is 0.0368. The highest BCUT2D eigenvalue weighted by molar-refractivity contribution is 5.69. The second kappa shape index (κ2) is 37.2. The number of unbranched alkanes of at least 4 members (excludes halogenated alkanes) is 29. The fourth-order valence-electron chi connectivity index (χ4n) is 7.23. The summed E-state index contributed by atoms with van der Waals surface area (Å²) in [7, 11) is 5.51. The third kappa shape index (κ3) is 34.8. The lowest BCUT2D eigenvalue weighted by Crippen LogP contribution is -2.46. The summed E-state index contributed by atoms with van der Waals surface area (Å²) in [5, 5.41) is 0. The summed E-state index contributed by atoms with van der Waals surface area (Å²) in [5.41, 5.74) is 0. The van der Waals surface area contributed by atoms with Crippen molar-refractivity contribution in [2.24, 2.45) is 0 Å². The Hall–Kier alpha value is -1.10. The molecule has 0 saturated heterocycles. The monoisotopic (exact) mass is 681 g/mol. The van der Waals surface area contributed by atoms with E-state index >= 15 is 0 Å². The predicted molar refractivity (Wildman–Crippen MR) is 207 cm³/mol. The second-order valence-electron chi connectivity index (χ2n) is 15.4. The molecule has 0 aliphatic heterocycles. The molecule has 0 rings (SSSR count). The third-order valence-electron chi connectivity index (χ3n) is 10.7. The molecule has 0 bridgehead atoms. The van der Waals surface area contributed by atoms with Gasteiger partial charge in [-0.25, -0.2) is 0 Å². The molecule has 0 aromatic heterocycles. The van der Waals surface area contributed by atoms with Crippen molar-refractivity contribution in [2.75, 3.05) is 40.9 Å². The largest absolute Gasteiger partial charge is 0.469 e. The van der Waals surface area contributed by atoms with Gasteiger partial charge in [0.2, 0.25) is 0 Å². The van der Waals surface area contributed by atoms with Crippen LogP contribution in [-0.4, -0.2) is 57.3 Å². The van der Waals surface area contributed by atoms with Crippen LogP contribution in [0.2, 0.25) is 0 Å². The number of hydrogen-bond donors (Lipinski definition) is 0. The molecule has 0 amide bonds. The topological polar surface area (TPSA) is 52.6 Å². The van der Waals surface area contributed by atoms with Gasteiger partial charge in [0.15, 0.2) is 0 Å². The van der Waals surface area contributed by atoms with Crippen LogP contribution >= 0.6 is 0 Å². The van der Waals surface area contributed by atoms with E-state index in [1.165, 1.54) is 218 Å². The first-order valence-electron chi connectivity index (χ1n) is 21.4. The molecule has 0 unspecified atom stereocenters. The van der Waals surface area contributed by atoms with Crippen molar-refractivity contribution in [3.05, 3.63) is 0 Å². The fourth-order valence-corrected chi connectivity index (χ4v) is 7.23. The Labute approximate surface area is 301 Å². The molecular formula is C43H86NO4+. The van der Waals surface area contributed by atoms with Crippen LogP contribution in [0.15, 0.2) is 0 Å². The molecule has 0 spiro atoms. The summed E-state index contributed by atoms with van der Waals surface area (Å²) >= 11 is 0. The molecule has 5 nitrogen and oxygen atoms in total. The summed E-state index contributed by atoms with van der Waals surface area (Å²) in [6.07, 6.45) is 44.3. The van der Waals surface area contributed by atoms with Gasteiger partial charge < -0.3 is 14.0 Å². The molecule has 0 heterocycles. The molecule has 0 aliphatic carbocycles. The molecule has 0 aliphatic rings.